The van der Waals surface area contributed by atoms with Gasteiger partial charge in [0.1, 0.15) is 5.75 Å². The van der Waals surface area contributed by atoms with Crippen LogP contribution in [0.2, 0.25) is 0 Å². The first-order valence-electron chi connectivity index (χ1n) is 4.88. The molecular weight excluding hydrogens is 286 g/mol. The van der Waals surface area contributed by atoms with E-state index in [1.54, 1.807) is 18.4 Å². The van der Waals surface area contributed by atoms with Gasteiger partial charge >= 0.3 is 0 Å². The highest BCUT2D eigenvalue weighted by Crippen LogP contribution is 2.24. The molecule has 0 aliphatic rings. The van der Waals surface area contributed by atoms with Crippen molar-refractivity contribution in [1.29, 1.82) is 0 Å². The second-order valence-electron chi connectivity index (χ2n) is 3.32. The largest absolute Gasteiger partial charge is 0.496 e. The van der Waals surface area contributed by atoms with Crippen molar-refractivity contribution < 1.29 is 4.74 Å². The molecule has 2 nitrogen and oxygen atoms in total. The molecule has 0 unspecified atom stereocenters. The van der Waals surface area contributed by atoms with Gasteiger partial charge in [0.15, 0.2) is 0 Å². The first-order chi connectivity index (χ1) is 7.79. The Labute approximate surface area is 107 Å². The standard InChI is InChI=1S/C12H12BrNOS/c1-15-12-3-2-10(13)6-9(12)7-14-11-4-5-16-8-11/h2-6,8,14H,7H2,1H3. The summed E-state index contributed by atoms with van der Waals surface area (Å²) in [5.41, 5.74) is 2.29. The van der Waals surface area contributed by atoms with E-state index < -0.39 is 0 Å². The quantitative estimate of drug-likeness (QED) is 0.916. The molecule has 4 heteroatoms. The number of hydrogen-bond acceptors (Lipinski definition) is 3. The van der Waals surface area contributed by atoms with E-state index in [2.05, 4.69) is 44.1 Å². The molecular formula is C12H12BrNOS. The van der Waals surface area contributed by atoms with Crippen LogP contribution in [-0.2, 0) is 6.54 Å². The summed E-state index contributed by atoms with van der Waals surface area (Å²) in [5.74, 6) is 0.908. The van der Waals surface area contributed by atoms with Gasteiger partial charge in [0, 0.05) is 27.6 Å². The molecule has 16 heavy (non-hydrogen) atoms. The monoisotopic (exact) mass is 297 g/mol. The van der Waals surface area contributed by atoms with E-state index >= 15 is 0 Å². The Bertz CT molecular complexity index is 456. The minimum atomic E-state index is 0.763. The molecule has 2 rings (SSSR count). The van der Waals surface area contributed by atoms with E-state index in [9.17, 15) is 0 Å². The fourth-order valence-electron chi connectivity index (χ4n) is 1.45. The van der Waals surface area contributed by atoms with Crippen molar-refractivity contribution in [3.8, 4) is 5.75 Å². The average Bonchev–Trinajstić information content (AvgIpc) is 2.79. The van der Waals surface area contributed by atoms with E-state index in [1.807, 2.05) is 12.1 Å². The molecule has 1 aromatic carbocycles. The molecule has 0 aliphatic heterocycles. The molecule has 0 saturated carbocycles. The average molecular weight is 298 g/mol. The lowest BCUT2D eigenvalue weighted by atomic mass is 10.2. The van der Waals surface area contributed by atoms with Crippen LogP contribution in [0, 0.1) is 0 Å². The number of ether oxygens (including phenoxy) is 1. The number of methoxy groups -OCH3 is 1. The normalized spacial score (nSPS) is 10.1. The summed E-state index contributed by atoms with van der Waals surface area (Å²) in [6, 6.07) is 8.08. The van der Waals surface area contributed by atoms with Gasteiger partial charge in [-0.1, -0.05) is 15.9 Å². The van der Waals surface area contributed by atoms with Gasteiger partial charge in [0.25, 0.3) is 0 Å². The van der Waals surface area contributed by atoms with Gasteiger partial charge in [-0.2, -0.15) is 11.3 Å². The number of anilines is 1. The van der Waals surface area contributed by atoms with Crippen molar-refractivity contribution in [3.63, 3.8) is 0 Å². The Morgan fingerprint density at radius 1 is 1.38 bits per heavy atom. The van der Waals surface area contributed by atoms with Gasteiger partial charge in [-0.05, 0) is 29.6 Å². The molecule has 84 valence electrons. The van der Waals surface area contributed by atoms with Crippen molar-refractivity contribution in [2.75, 3.05) is 12.4 Å². The third kappa shape index (κ3) is 2.77. The zero-order valence-corrected chi connectivity index (χ0v) is 11.3. The summed E-state index contributed by atoms with van der Waals surface area (Å²) in [4.78, 5) is 0. The number of hydrogen-bond donors (Lipinski definition) is 1. The molecule has 1 N–H and O–H groups in total. The third-order valence-electron chi connectivity index (χ3n) is 2.25. The van der Waals surface area contributed by atoms with Crippen molar-refractivity contribution in [2.24, 2.45) is 0 Å². The Hall–Kier alpha value is -1.00. The molecule has 0 saturated heterocycles. The maximum Gasteiger partial charge on any atom is 0.123 e. The zero-order chi connectivity index (χ0) is 11.4. The van der Waals surface area contributed by atoms with Crippen molar-refractivity contribution in [2.45, 2.75) is 6.54 Å². The molecule has 0 aliphatic carbocycles. The van der Waals surface area contributed by atoms with Crippen molar-refractivity contribution >= 4 is 33.0 Å². The zero-order valence-electron chi connectivity index (χ0n) is 8.87. The topological polar surface area (TPSA) is 21.3 Å². The fourth-order valence-corrected chi connectivity index (χ4v) is 2.47. The fraction of sp³-hybridized carbons (Fsp3) is 0.167. The number of benzene rings is 1. The van der Waals surface area contributed by atoms with E-state index in [0.29, 0.717) is 0 Å². The summed E-state index contributed by atoms with van der Waals surface area (Å²) < 4.78 is 6.38. The highest BCUT2D eigenvalue weighted by atomic mass is 79.9. The van der Waals surface area contributed by atoms with Crippen LogP contribution in [0.1, 0.15) is 5.56 Å². The van der Waals surface area contributed by atoms with Gasteiger partial charge in [-0.25, -0.2) is 0 Å². The van der Waals surface area contributed by atoms with E-state index in [0.717, 1.165) is 28.0 Å². The van der Waals surface area contributed by atoms with E-state index in [4.69, 9.17) is 4.74 Å². The lowest BCUT2D eigenvalue weighted by molar-refractivity contribution is 0.410. The molecule has 0 radical (unpaired) electrons. The smallest absolute Gasteiger partial charge is 0.123 e. The third-order valence-corrected chi connectivity index (χ3v) is 3.42. The van der Waals surface area contributed by atoms with Gasteiger partial charge in [0.2, 0.25) is 0 Å². The summed E-state index contributed by atoms with van der Waals surface area (Å²) in [6.07, 6.45) is 0. The van der Waals surface area contributed by atoms with Gasteiger partial charge in [-0.15, -0.1) is 0 Å². The molecule has 0 amide bonds. The minimum absolute atomic E-state index is 0.763. The maximum absolute atomic E-state index is 5.31. The van der Waals surface area contributed by atoms with Crippen molar-refractivity contribution in [3.05, 3.63) is 45.1 Å². The summed E-state index contributed by atoms with van der Waals surface area (Å²) in [5, 5.41) is 7.50. The number of nitrogens with one attached hydrogen (secondary N) is 1. The van der Waals surface area contributed by atoms with Gasteiger partial charge in [0.05, 0.1) is 7.11 Å². The second kappa shape index (κ2) is 5.37. The van der Waals surface area contributed by atoms with Gasteiger partial charge < -0.3 is 10.1 Å². The lowest BCUT2D eigenvalue weighted by Crippen LogP contribution is -2.00. The van der Waals surface area contributed by atoms with E-state index in [1.165, 1.54) is 0 Å². The van der Waals surface area contributed by atoms with Crippen LogP contribution in [0.25, 0.3) is 0 Å². The predicted molar refractivity (Wildman–Crippen MR) is 72.3 cm³/mol. The Morgan fingerprint density at radius 3 is 2.94 bits per heavy atom. The summed E-state index contributed by atoms with van der Waals surface area (Å²) in [7, 11) is 1.69. The molecule has 1 heterocycles. The molecule has 1 aromatic heterocycles. The first kappa shape index (κ1) is 11.5. The van der Waals surface area contributed by atoms with Crippen LogP contribution in [0.4, 0.5) is 5.69 Å². The molecule has 0 spiro atoms. The Balaban J connectivity index is 2.11. The minimum Gasteiger partial charge on any atom is -0.496 e. The number of halogens is 1. The van der Waals surface area contributed by atoms with Crippen LogP contribution in [0.5, 0.6) is 5.75 Å². The van der Waals surface area contributed by atoms with Gasteiger partial charge in [-0.3, -0.25) is 0 Å². The predicted octanol–water partition coefficient (Wildman–Crippen LogP) is 4.13. The SMILES string of the molecule is COc1ccc(Br)cc1CNc1ccsc1. The Kier molecular flexibility index (Phi) is 3.85. The first-order valence-corrected chi connectivity index (χ1v) is 6.61. The molecule has 0 fully saturated rings. The van der Waals surface area contributed by atoms with Crippen LogP contribution in [0.3, 0.4) is 0 Å². The van der Waals surface area contributed by atoms with E-state index in [-0.39, 0.29) is 0 Å². The van der Waals surface area contributed by atoms with Crippen LogP contribution in [0.15, 0.2) is 39.5 Å². The van der Waals surface area contributed by atoms with Crippen LogP contribution in [-0.4, -0.2) is 7.11 Å². The maximum atomic E-state index is 5.31. The number of thiophene rings is 1. The molecule has 0 bridgehead atoms. The highest BCUT2D eigenvalue weighted by Gasteiger charge is 2.03. The number of rotatable bonds is 4. The highest BCUT2D eigenvalue weighted by molar-refractivity contribution is 9.10. The Morgan fingerprint density at radius 2 is 2.25 bits per heavy atom. The summed E-state index contributed by atoms with van der Waals surface area (Å²) in [6.45, 7) is 0.763. The molecule has 0 atom stereocenters. The second-order valence-corrected chi connectivity index (χ2v) is 5.02. The van der Waals surface area contributed by atoms with Crippen molar-refractivity contribution in [1.82, 2.24) is 0 Å². The summed E-state index contributed by atoms with van der Waals surface area (Å²) >= 11 is 5.15. The molecule has 2 aromatic rings. The van der Waals surface area contributed by atoms with Crippen LogP contribution >= 0.6 is 27.3 Å². The lowest BCUT2D eigenvalue weighted by Gasteiger charge is -2.10. The van der Waals surface area contributed by atoms with Crippen LogP contribution < -0.4 is 10.1 Å².